The van der Waals surface area contributed by atoms with Crippen molar-refractivity contribution in [2.75, 3.05) is 11.9 Å². The average molecular weight is 149 g/mol. The molecule has 11 heavy (non-hydrogen) atoms. The summed E-state index contributed by atoms with van der Waals surface area (Å²) in [5, 5.41) is 3.23. The normalized spacial score (nSPS) is 16.4. The van der Waals surface area contributed by atoms with Gasteiger partial charge < -0.3 is 5.32 Å². The van der Waals surface area contributed by atoms with Crippen molar-refractivity contribution in [3.05, 3.63) is 18.6 Å². The smallest absolute Gasteiger partial charge is 0.144 e. The molecule has 0 radical (unpaired) electrons. The number of nitrogens with zero attached hydrogens (tertiary/aromatic N) is 2. The van der Waals surface area contributed by atoms with Gasteiger partial charge >= 0.3 is 0 Å². The first-order valence-corrected chi connectivity index (χ1v) is 3.95. The molecule has 1 N–H and O–H groups in total. The number of anilines is 1. The van der Waals surface area contributed by atoms with E-state index in [1.54, 1.807) is 18.6 Å². The summed E-state index contributed by atoms with van der Waals surface area (Å²) in [4.78, 5) is 8.06. The van der Waals surface area contributed by atoms with Gasteiger partial charge in [0.25, 0.3) is 0 Å². The average Bonchev–Trinajstić information content (AvgIpc) is 2.86. The molecule has 1 aromatic heterocycles. The second kappa shape index (κ2) is 2.86. The van der Waals surface area contributed by atoms with Gasteiger partial charge in [-0.15, -0.1) is 0 Å². The highest BCUT2D eigenvalue weighted by atomic mass is 15.0. The van der Waals surface area contributed by atoms with Crippen LogP contribution in [0.5, 0.6) is 0 Å². The largest absolute Gasteiger partial charge is 0.369 e. The Bertz CT molecular complexity index is 218. The third-order valence-corrected chi connectivity index (χ3v) is 1.83. The van der Waals surface area contributed by atoms with E-state index < -0.39 is 0 Å². The minimum Gasteiger partial charge on any atom is -0.369 e. The molecule has 0 spiro atoms. The summed E-state index contributed by atoms with van der Waals surface area (Å²) in [6.45, 7) is 1.05. The van der Waals surface area contributed by atoms with Gasteiger partial charge in [-0.05, 0) is 18.8 Å². The molecule has 1 aliphatic rings. The first-order valence-electron chi connectivity index (χ1n) is 3.95. The number of hydrogen-bond acceptors (Lipinski definition) is 3. The van der Waals surface area contributed by atoms with Crippen LogP contribution < -0.4 is 5.32 Å². The predicted octanol–water partition coefficient (Wildman–Crippen LogP) is 1.30. The van der Waals surface area contributed by atoms with Gasteiger partial charge in [0.05, 0.1) is 6.20 Å². The highest BCUT2D eigenvalue weighted by Gasteiger charge is 2.20. The van der Waals surface area contributed by atoms with E-state index in [1.807, 2.05) is 0 Å². The molecule has 0 aliphatic heterocycles. The van der Waals surface area contributed by atoms with Gasteiger partial charge in [-0.3, -0.25) is 4.98 Å². The van der Waals surface area contributed by atoms with Crippen LogP contribution in [0.2, 0.25) is 0 Å². The van der Waals surface area contributed by atoms with Crippen LogP contribution in [0.4, 0.5) is 5.82 Å². The van der Waals surface area contributed by atoms with E-state index in [2.05, 4.69) is 15.3 Å². The molecule has 58 valence electrons. The summed E-state index contributed by atoms with van der Waals surface area (Å²) in [5.74, 6) is 1.77. The topological polar surface area (TPSA) is 37.8 Å². The Hall–Kier alpha value is -1.12. The predicted molar refractivity (Wildman–Crippen MR) is 43.2 cm³/mol. The van der Waals surface area contributed by atoms with Crippen LogP contribution in [0.3, 0.4) is 0 Å². The van der Waals surface area contributed by atoms with E-state index in [4.69, 9.17) is 0 Å². The number of nitrogens with one attached hydrogen (secondary N) is 1. The van der Waals surface area contributed by atoms with Gasteiger partial charge in [0.2, 0.25) is 0 Å². The SMILES string of the molecule is c1cnc(NCC2CC2)cn1. The lowest BCUT2D eigenvalue weighted by molar-refractivity contribution is 0.881. The van der Waals surface area contributed by atoms with E-state index in [9.17, 15) is 0 Å². The second-order valence-electron chi connectivity index (χ2n) is 2.91. The molecular formula is C8H11N3. The summed E-state index contributed by atoms with van der Waals surface area (Å²) in [6.07, 6.45) is 7.88. The van der Waals surface area contributed by atoms with Crippen molar-refractivity contribution in [2.45, 2.75) is 12.8 Å². The maximum Gasteiger partial charge on any atom is 0.144 e. The molecule has 1 heterocycles. The Morgan fingerprint density at radius 2 is 2.36 bits per heavy atom. The van der Waals surface area contributed by atoms with Crippen molar-refractivity contribution in [2.24, 2.45) is 5.92 Å². The molecule has 3 heteroatoms. The van der Waals surface area contributed by atoms with E-state index in [-0.39, 0.29) is 0 Å². The molecule has 1 aromatic rings. The number of aromatic nitrogens is 2. The zero-order valence-corrected chi connectivity index (χ0v) is 6.33. The molecule has 0 aromatic carbocycles. The van der Waals surface area contributed by atoms with Crippen molar-refractivity contribution in [3.63, 3.8) is 0 Å². The van der Waals surface area contributed by atoms with Gasteiger partial charge in [0, 0.05) is 18.9 Å². The van der Waals surface area contributed by atoms with Gasteiger partial charge in [0.1, 0.15) is 5.82 Å². The van der Waals surface area contributed by atoms with Crippen LogP contribution in [0.25, 0.3) is 0 Å². The first-order chi connectivity index (χ1) is 5.45. The summed E-state index contributed by atoms with van der Waals surface area (Å²) < 4.78 is 0. The molecule has 1 saturated carbocycles. The Morgan fingerprint density at radius 3 is 3.00 bits per heavy atom. The Labute approximate surface area is 65.9 Å². The second-order valence-corrected chi connectivity index (χ2v) is 2.91. The van der Waals surface area contributed by atoms with Crippen molar-refractivity contribution < 1.29 is 0 Å². The van der Waals surface area contributed by atoms with Crippen LogP contribution in [-0.2, 0) is 0 Å². The highest BCUT2D eigenvalue weighted by Crippen LogP contribution is 2.28. The molecule has 0 amide bonds. The Balaban J connectivity index is 1.85. The number of hydrogen-bond donors (Lipinski definition) is 1. The van der Waals surface area contributed by atoms with Gasteiger partial charge in [-0.25, -0.2) is 4.98 Å². The van der Waals surface area contributed by atoms with E-state index >= 15 is 0 Å². The van der Waals surface area contributed by atoms with Crippen molar-refractivity contribution in [3.8, 4) is 0 Å². The van der Waals surface area contributed by atoms with E-state index in [1.165, 1.54) is 12.8 Å². The fourth-order valence-corrected chi connectivity index (χ4v) is 0.961. The van der Waals surface area contributed by atoms with Crippen LogP contribution in [-0.4, -0.2) is 16.5 Å². The van der Waals surface area contributed by atoms with Crippen LogP contribution in [0.15, 0.2) is 18.6 Å². The summed E-state index contributed by atoms with van der Waals surface area (Å²) >= 11 is 0. The molecule has 0 bridgehead atoms. The lowest BCUT2D eigenvalue weighted by Gasteiger charge is -2.01. The van der Waals surface area contributed by atoms with E-state index in [0.717, 1.165) is 18.3 Å². The van der Waals surface area contributed by atoms with E-state index in [0.29, 0.717) is 0 Å². The molecule has 1 fully saturated rings. The highest BCUT2D eigenvalue weighted by molar-refractivity contribution is 5.29. The Morgan fingerprint density at radius 1 is 1.45 bits per heavy atom. The monoisotopic (exact) mass is 149 g/mol. The summed E-state index contributed by atoms with van der Waals surface area (Å²) in [6, 6.07) is 0. The molecule has 3 nitrogen and oxygen atoms in total. The quantitative estimate of drug-likeness (QED) is 0.703. The molecule has 1 aliphatic carbocycles. The standard InChI is InChI=1S/C8H11N3/c1-2-7(1)5-11-8-6-9-3-4-10-8/h3-4,6-7H,1-2,5H2,(H,10,11). The maximum atomic E-state index is 4.10. The van der Waals surface area contributed by atoms with Crippen LogP contribution in [0.1, 0.15) is 12.8 Å². The van der Waals surface area contributed by atoms with Crippen molar-refractivity contribution in [1.29, 1.82) is 0 Å². The fourth-order valence-electron chi connectivity index (χ4n) is 0.961. The third-order valence-electron chi connectivity index (χ3n) is 1.83. The fraction of sp³-hybridized carbons (Fsp3) is 0.500. The maximum absolute atomic E-state index is 4.10. The Kier molecular flexibility index (Phi) is 1.71. The molecule has 2 rings (SSSR count). The molecule has 0 unspecified atom stereocenters. The third kappa shape index (κ3) is 1.90. The molecule has 0 saturated heterocycles. The zero-order valence-electron chi connectivity index (χ0n) is 6.33. The van der Waals surface area contributed by atoms with Gasteiger partial charge in [0.15, 0.2) is 0 Å². The van der Waals surface area contributed by atoms with Crippen molar-refractivity contribution in [1.82, 2.24) is 9.97 Å². The number of rotatable bonds is 3. The minimum atomic E-state index is 0.886. The van der Waals surface area contributed by atoms with Gasteiger partial charge in [-0.2, -0.15) is 0 Å². The first kappa shape index (κ1) is 6.58. The summed E-state index contributed by atoms with van der Waals surface area (Å²) in [5.41, 5.74) is 0. The minimum absolute atomic E-state index is 0.886. The van der Waals surface area contributed by atoms with Gasteiger partial charge in [-0.1, -0.05) is 0 Å². The lowest BCUT2D eigenvalue weighted by Crippen LogP contribution is -2.04. The van der Waals surface area contributed by atoms with Crippen LogP contribution >= 0.6 is 0 Å². The molecule has 0 atom stereocenters. The zero-order chi connectivity index (χ0) is 7.52. The van der Waals surface area contributed by atoms with Crippen LogP contribution in [0, 0.1) is 5.92 Å². The van der Waals surface area contributed by atoms with Crippen molar-refractivity contribution >= 4 is 5.82 Å². The summed E-state index contributed by atoms with van der Waals surface area (Å²) in [7, 11) is 0. The molecular weight excluding hydrogens is 138 g/mol. The lowest BCUT2D eigenvalue weighted by atomic mass is 10.4.